The predicted octanol–water partition coefficient (Wildman–Crippen LogP) is 3.77. The Morgan fingerprint density at radius 3 is 3.00 bits per heavy atom. The number of benzene rings is 1. The minimum absolute atomic E-state index is 0.512. The number of nitrogens with zero attached hydrogens (tertiary/aromatic N) is 2. The molecule has 1 heterocycles. The highest BCUT2D eigenvalue weighted by Gasteiger charge is 2.25. The maximum Gasteiger partial charge on any atom is 0.201 e. The summed E-state index contributed by atoms with van der Waals surface area (Å²) in [7, 11) is 0. The first-order chi connectivity index (χ1) is 9.20. The van der Waals surface area contributed by atoms with Crippen molar-refractivity contribution >= 4 is 28.7 Å². The average molecular weight is 275 g/mol. The lowest BCUT2D eigenvalue weighted by Crippen LogP contribution is -2.21. The summed E-state index contributed by atoms with van der Waals surface area (Å²) in [4.78, 5) is 4.57. The van der Waals surface area contributed by atoms with Crippen molar-refractivity contribution in [3.05, 3.63) is 23.8 Å². The van der Waals surface area contributed by atoms with Gasteiger partial charge < -0.3 is 10.3 Å². The highest BCUT2D eigenvalue weighted by atomic mass is 32.2. The van der Waals surface area contributed by atoms with E-state index in [1.165, 1.54) is 36.8 Å². The quantitative estimate of drug-likeness (QED) is 0.907. The number of para-hydroxylation sites is 1. The fourth-order valence-electron chi connectivity index (χ4n) is 3.23. The molecule has 1 aromatic carbocycles. The zero-order valence-corrected chi connectivity index (χ0v) is 12.4. The Balaban J connectivity index is 2.04. The number of imidazole rings is 1. The lowest BCUT2D eigenvalue weighted by atomic mass is 9.94. The molecule has 1 aliphatic carbocycles. The van der Waals surface area contributed by atoms with E-state index in [-0.39, 0.29) is 0 Å². The van der Waals surface area contributed by atoms with Crippen LogP contribution in [-0.2, 0) is 0 Å². The molecule has 4 heteroatoms. The van der Waals surface area contributed by atoms with Crippen molar-refractivity contribution in [3.63, 3.8) is 0 Å². The van der Waals surface area contributed by atoms with Gasteiger partial charge in [-0.15, -0.1) is 0 Å². The van der Waals surface area contributed by atoms with Crippen LogP contribution in [0.4, 0.5) is 5.95 Å². The number of hydrogen-bond donors (Lipinski definition) is 1. The third-order valence-corrected chi connectivity index (χ3v) is 5.34. The van der Waals surface area contributed by atoms with Crippen molar-refractivity contribution in [2.45, 2.75) is 43.9 Å². The molecule has 102 valence electrons. The molecule has 2 aromatic rings. The third kappa shape index (κ3) is 2.22. The standard InChI is InChI=1S/C15H21N3S/c1-10-5-3-8-13-14(10)17-15(16)18(13)11-6-4-7-12(9-11)19-2/h3,5,8,11-12H,4,6-7,9H2,1-2H3,(H2,16,17). The normalized spacial score (nSPS) is 23.9. The van der Waals surface area contributed by atoms with Gasteiger partial charge in [0.05, 0.1) is 11.0 Å². The molecule has 2 N–H and O–H groups in total. The van der Waals surface area contributed by atoms with Gasteiger partial charge in [-0.3, -0.25) is 0 Å². The van der Waals surface area contributed by atoms with E-state index in [1.807, 2.05) is 11.8 Å². The molecule has 3 nitrogen and oxygen atoms in total. The van der Waals surface area contributed by atoms with E-state index in [1.54, 1.807) is 0 Å². The van der Waals surface area contributed by atoms with Crippen molar-refractivity contribution in [1.82, 2.24) is 9.55 Å². The molecule has 0 spiro atoms. The maximum absolute atomic E-state index is 6.19. The van der Waals surface area contributed by atoms with E-state index >= 15 is 0 Å². The van der Waals surface area contributed by atoms with Crippen molar-refractivity contribution in [2.24, 2.45) is 0 Å². The number of fused-ring (bicyclic) bond motifs is 1. The first-order valence-electron chi connectivity index (χ1n) is 6.96. The zero-order chi connectivity index (χ0) is 13.4. The van der Waals surface area contributed by atoms with Gasteiger partial charge in [0.15, 0.2) is 0 Å². The van der Waals surface area contributed by atoms with Crippen LogP contribution in [0.2, 0.25) is 0 Å². The van der Waals surface area contributed by atoms with Crippen molar-refractivity contribution in [1.29, 1.82) is 0 Å². The van der Waals surface area contributed by atoms with Crippen LogP contribution in [0.3, 0.4) is 0 Å². The Morgan fingerprint density at radius 2 is 2.21 bits per heavy atom. The Morgan fingerprint density at radius 1 is 1.37 bits per heavy atom. The fourth-order valence-corrected chi connectivity index (χ4v) is 4.04. The summed E-state index contributed by atoms with van der Waals surface area (Å²) in [5.74, 6) is 0.677. The van der Waals surface area contributed by atoms with E-state index in [0.717, 1.165) is 10.8 Å². The molecule has 3 rings (SSSR count). The van der Waals surface area contributed by atoms with Gasteiger partial charge >= 0.3 is 0 Å². The van der Waals surface area contributed by atoms with Crippen LogP contribution >= 0.6 is 11.8 Å². The summed E-state index contributed by atoms with van der Waals surface area (Å²) < 4.78 is 2.27. The van der Waals surface area contributed by atoms with Crippen LogP contribution in [0.5, 0.6) is 0 Å². The predicted molar refractivity (Wildman–Crippen MR) is 83.7 cm³/mol. The molecule has 0 radical (unpaired) electrons. The second-order valence-corrected chi connectivity index (χ2v) is 6.60. The van der Waals surface area contributed by atoms with Gasteiger partial charge in [0.25, 0.3) is 0 Å². The van der Waals surface area contributed by atoms with Crippen LogP contribution in [0.15, 0.2) is 18.2 Å². The van der Waals surface area contributed by atoms with Gasteiger partial charge in [0, 0.05) is 11.3 Å². The maximum atomic E-state index is 6.19. The lowest BCUT2D eigenvalue weighted by Gasteiger charge is -2.29. The minimum Gasteiger partial charge on any atom is -0.369 e. The van der Waals surface area contributed by atoms with Gasteiger partial charge in [0.2, 0.25) is 5.95 Å². The van der Waals surface area contributed by atoms with Crippen LogP contribution in [0, 0.1) is 6.92 Å². The summed E-state index contributed by atoms with van der Waals surface area (Å²) in [6, 6.07) is 6.86. The summed E-state index contributed by atoms with van der Waals surface area (Å²) in [5, 5.41) is 0.764. The molecule has 0 amide bonds. The Bertz CT molecular complexity index is 590. The molecule has 1 fully saturated rings. The number of anilines is 1. The lowest BCUT2D eigenvalue weighted by molar-refractivity contribution is 0.371. The number of nitrogen functional groups attached to an aromatic ring is 1. The SMILES string of the molecule is CSC1CCCC(n2c(N)nc3c(C)cccc32)C1. The van der Waals surface area contributed by atoms with E-state index in [4.69, 9.17) is 5.73 Å². The second kappa shape index (κ2) is 5.08. The largest absolute Gasteiger partial charge is 0.369 e. The smallest absolute Gasteiger partial charge is 0.201 e. The molecular formula is C15H21N3S. The van der Waals surface area contributed by atoms with E-state index in [2.05, 4.69) is 40.9 Å². The van der Waals surface area contributed by atoms with Crippen LogP contribution < -0.4 is 5.73 Å². The van der Waals surface area contributed by atoms with Gasteiger partial charge in [-0.05, 0) is 44.1 Å². The number of rotatable bonds is 2. The summed E-state index contributed by atoms with van der Waals surface area (Å²) in [5.41, 5.74) is 9.65. The topological polar surface area (TPSA) is 43.8 Å². The first-order valence-corrected chi connectivity index (χ1v) is 8.25. The van der Waals surface area contributed by atoms with Gasteiger partial charge in [0.1, 0.15) is 0 Å². The van der Waals surface area contributed by atoms with Crippen LogP contribution in [0.25, 0.3) is 11.0 Å². The number of thioether (sulfide) groups is 1. The number of aryl methyl sites for hydroxylation is 1. The molecule has 1 aromatic heterocycles. The molecule has 0 saturated heterocycles. The second-order valence-electron chi connectivity index (χ2n) is 5.46. The minimum atomic E-state index is 0.512. The van der Waals surface area contributed by atoms with E-state index in [9.17, 15) is 0 Å². The van der Waals surface area contributed by atoms with Crippen LogP contribution in [-0.4, -0.2) is 21.1 Å². The van der Waals surface area contributed by atoms with Gasteiger partial charge in [-0.1, -0.05) is 18.6 Å². The Hall–Kier alpha value is -1.16. The zero-order valence-electron chi connectivity index (χ0n) is 11.6. The number of aromatic nitrogens is 2. The Kier molecular flexibility index (Phi) is 3.44. The summed E-state index contributed by atoms with van der Waals surface area (Å²) in [6.45, 7) is 2.10. The monoisotopic (exact) mass is 275 g/mol. The molecule has 0 aliphatic heterocycles. The van der Waals surface area contributed by atoms with Crippen molar-refractivity contribution in [2.75, 3.05) is 12.0 Å². The van der Waals surface area contributed by atoms with Crippen LogP contribution in [0.1, 0.15) is 37.3 Å². The van der Waals surface area contributed by atoms with Gasteiger partial charge in [-0.2, -0.15) is 11.8 Å². The highest BCUT2D eigenvalue weighted by molar-refractivity contribution is 7.99. The van der Waals surface area contributed by atoms with Crippen molar-refractivity contribution in [3.8, 4) is 0 Å². The van der Waals surface area contributed by atoms with E-state index in [0.29, 0.717) is 12.0 Å². The average Bonchev–Trinajstić information content (AvgIpc) is 2.77. The molecule has 19 heavy (non-hydrogen) atoms. The molecule has 0 bridgehead atoms. The Labute approximate surface area is 118 Å². The molecular weight excluding hydrogens is 254 g/mol. The highest BCUT2D eigenvalue weighted by Crippen LogP contribution is 2.37. The first kappa shape index (κ1) is 12.9. The number of nitrogens with two attached hydrogens (primary N) is 1. The van der Waals surface area contributed by atoms with Gasteiger partial charge in [-0.25, -0.2) is 4.98 Å². The number of hydrogen-bond acceptors (Lipinski definition) is 3. The van der Waals surface area contributed by atoms with Crippen molar-refractivity contribution < 1.29 is 0 Å². The third-order valence-electron chi connectivity index (χ3n) is 4.25. The summed E-state index contributed by atoms with van der Waals surface area (Å²) >= 11 is 1.99. The summed E-state index contributed by atoms with van der Waals surface area (Å²) in [6.07, 6.45) is 7.28. The fraction of sp³-hybridized carbons (Fsp3) is 0.533. The molecule has 2 atom stereocenters. The molecule has 2 unspecified atom stereocenters. The molecule has 1 aliphatic rings. The van der Waals surface area contributed by atoms with E-state index < -0.39 is 0 Å². The molecule has 1 saturated carbocycles.